The number of fused-ring (bicyclic) bond motifs is 1. The maximum absolute atomic E-state index is 13.6. The highest BCUT2D eigenvalue weighted by Gasteiger charge is 2.16. The first-order valence-corrected chi connectivity index (χ1v) is 6.07. The third-order valence-electron chi connectivity index (χ3n) is 2.94. The average Bonchev–Trinajstić information content (AvgIpc) is 2.63. The number of aromatic amines is 1. The Labute approximate surface area is 108 Å². The Hall–Kier alpha value is -1.27. The highest BCUT2D eigenvalue weighted by Crippen LogP contribution is 2.24. The Morgan fingerprint density at radius 3 is 2.78 bits per heavy atom. The minimum atomic E-state index is -0.637. The van der Waals surface area contributed by atoms with Crippen LogP contribution in [0.2, 0.25) is 0 Å². The number of hydrogen-bond acceptors (Lipinski definition) is 2. The monoisotopic (exact) mass is 272 g/mol. The highest BCUT2D eigenvalue weighted by molar-refractivity contribution is 7.71. The zero-order chi connectivity index (χ0) is 13.3. The van der Waals surface area contributed by atoms with Crippen molar-refractivity contribution in [2.45, 2.75) is 19.4 Å². The van der Waals surface area contributed by atoms with Gasteiger partial charge in [-0.3, -0.25) is 0 Å². The predicted molar refractivity (Wildman–Crippen MR) is 68.2 cm³/mol. The Bertz CT molecular complexity index is 620. The number of benzene rings is 1. The zero-order valence-electron chi connectivity index (χ0n) is 10.2. The van der Waals surface area contributed by atoms with Gasteiger partial charge in [-0.05, 0) is 24.7 Å². The van der Waals surface area contributed by atoms with Crippen LogP contribution in [0.3, 0.4) is 0 Å². The molecule has 98 valence electrons. The molecule has 1 unspecified atom stereocenters. The van der Waals surface area contributed by atoms with Gasteiger partial charge in [-0.2, -0.15) is 0 Å². The molecule has 1 heterocycles. The van der Waals surface area contributed by atoms with Crippen LogP contribution in [0.15, 0.2) is 12.1 Å². The summed E-state index contributed by atoms with van der Waals surface area (Å²) in [7, 11) is 1.59. The first-order chi connectivity index (χ1) is 8.58. The Kier molecular flexibility index (Phi) is 3.77. The van der Waals surface area contributed by atoms with Crippen LogP contribution in [0.25, 0.3) is 11.0 Å². The molecular formula is C12H14F2N2OS. The molecule has 0 aliphatic carbocycles. The number of halogens is 2. The lowest BCUT2D eigenvalue weighted by molar-refractivity contribution is 0.154. The standard InChI is InChI=1S/C12H14F2N2OS/c1-3-8(6-17-2)16-10-5-7(13)4-9(14)11(10)15-12(16)18/h4-5,8H,3,6H2,1-2H3,(H,15,18). The molecule has 0 bridgehead atoms. The van der Waals surface area contributed by atoms with E-state index in [1.165, 1.54) is 6.07 Å². The van der Waals surface area contributed by atoms with Gasteiger partial charge in [0.25, 0.3) is 0 Å². The number of nitrogens with zero attached hydrogens (tertiary/aromatic N) is 1. The normalized spacial score (nSPS) is 13.1. The zero-order valence-corrected chi connectivity index (χ0v) is 11.0. The van der Waals surface area contributed by atoms with Crippen molar-refractivity contribution in [3.05, 3.63) is 28.5 Å². The van der Waals surface area contributed by atoms with Crippen LogP contribution in [-0.4, -0.2) is 23.3 Å². The summed E-state index contributed by atoms with van der Waals surface area (Å²) in [6.07, 6.45) is 0.757. The van der Waals surface area contributed by atoms with Crippen molar-refractivity contribution >= 4 is 23.3 Å². The van der Waals surface area contributed by atoms with Crippen LogP contribution in [0.4, 0.5) is 8.78 Å². The Balaban J connectivity index is 2.69. The molecule has 1 aromatic heterocycles. The molecule has 3 nitrogen and oxygen atoms in total. The molecule has 0 radical (unpaired) electrons. The van der Waals surface area contributed by atoms with E-state index in [1.54, 1.807) is 11.7 Å². The van der Waals surface area contributed by atoms with Gasteiger partial charge in [-0.25, -0.2) is 8.78 Å². The van der Waals surface area contributed by atoms with Crippen LogP contribution in [-0.2, 0) is 4.74 Å². The molecule has 1 aromatic carbocycles. The van der Waals surface area contributed by atoms with E-state index in [-0.39, 0.29) is 11.6 Å². The first kappa shape index (κ1) is 13.2. The molecule has 0 saturated heterocycles. The number of ether oxygens (including phenoxy) is 1. The average molecular weight is 272 g/mol. The third-order valence-corrected chi connectivity index (χ3v) is 3.24. The maximum atomic E-state index is 13.6. The van der Waals surface area contributed by atoms with Gasteiger partial charge in [0, 0.05) is 13.2 Å². The van der Waals surface area contributed by atoms with Gasteiger partial charge < -0.3 is 14.3 Å². The van der Waals surface area contributed by atoms with Crippen molar-refractivity contribution in [1.29, 1.82) is 0 Å². The highest BCUT2D eigenvalue weighted by atomic mass is 32.1. The molecule has 0 saturated carbocycles. The number of hydrogen-bond donors (Lipinski definition) is 1. The van der Waals surface area contributed by atoms with Crippen molar-refractivity contribution in [2.75, 3.05) is 13.7 Å². The van der Waals surface area contributed by atoms with E-state index in [9.17, 15) is 8.78 Å². The molecule has 1 atom stereocenters. The van der Waals surface area contributed by atoms with Crippen molar-refractivity contribution < 1.29 is 13.5 Å². The van der Waals surface area contributed by atoms with Gasteiger partial charge in [0.15, 0.2) is 10.6 Å². The molecule has 0 spiro atoms. The van der Waals surface area contributed by atoms with Crippen LogP contribution in [0.5, 0.6) is 0 Å². The van der Waals surface area contributed by atoms with E-state index in [0.717, 1.165) is 12.5 Å². The summed E-state index contributed by atoms with van der Waals surface area (Å²) in [5.41, 5.74) is 0.664. The predicted octanol–water partition coefficient (Wildman–Crippen LogP) is 3.57. The smallest absolute Gasteiger partial charge is 0.178 e. The molecule has 0 aliphatic heterocycles. The van der Waals surface area contributed by atoms with Gasteiger partial charge in [0.1, 0.15) is 11.3 Å². The SMILES string of the molecule is CCC(COC)n1c(=S)[nH]c2c(F)cc(F)cc21. The van der Waals surface area contributed by atoms with Gasteiger partial charge in [-0.15, -0.1) is 0 Å². The number of rotatable bonds is 4. The number of methoxy groups -OCH3 is 1. The second kappa shape index (κ2) is 5.16. The maximum Gasteiger partial charge on any atom is 0.178 e. The van der Waals surface area contributed by atoms with Gasteiger partial charge in [-0.1, -0.05) is 6.92 Å². The molecule has 0 fully saturated rings. The molecule has 18 heavy (non-hydrogen) atoms. The fourth-order valence-corrected chi connectivity index (χ4v) is 2.43. The summed E-state index contributed by atoms with van der Waals surface area (Å²) < 4.78 is 34.1. The first-order valence-electron chi connectivity index (χ1n) is 5.66. The van der Waals surface area contributed by atoms with E-state index in [2.05, 4.69) is 4.98 Å². The van der Waals surface area contributed by atoms with Crippen molar-refractivity contribution in [1.82, 2.24) is 9.55 Å². The summed E-state index contributed by atoms with van der Waals surface area (Å²) in [6.45, 7) is 2.41. The number of H-pyrrole nitrogens is 1. The molecular weight excluding hydrogens is 258 g/mol. The van der Waals surface area contributed by atoms with E-state index < -0.39 is 11.6 Å². The van der Waals surface area contributed by atoms with Crippen molar-refractivity contribution in [3.63, 3.8) is 0 Å². The topological polar surface area (TPSA) is 29.9 Å². The lowest BCUT2D eigenvalue weighted by Gasteiger charge is -2.16. The minimum absolute atomic E-state index is 0.0440. The van der Waals surface area contributed by atoms with Gasteiger partial charge in [0.05, 0.1) is 18.2 Å². The molecule has 2 aromatic rings. The lowest BCUT2D eigenvalue weighted by atomic mass is 10.2. The van der Waals surface area contributed by atoms with Crippen molar-refractivity contribution in [3.8, 4) is 0 Å². The van der Waals surface area contributed by atoms with Gasteiger partial charge >= 0.3 is 0 Å². The molecule has 0 amide bonds. The van der Waals surface area contributed by atoms with Crippen LogP contribution in [0.1, 0.15) is 19.4 Å². The van der Waals surface area contributed by atoms with E-state index in [0.29, 0.717) is 16.9 Å². The van der Waals surface area contributed by atoms with Gasteiger partial charge in [0.2, 0.25) is 0 Å². The minimum Gasteiger partial charge on any atom is -0.383 e. The fourth-order valence-electron chi connectivity index (χ4n) is 2.08. The molecule has 2 rings (SSSR count). The molecule has 6 heteroatoms. The van der Waals surface area contributed by atoms with Crippen LogP contribution < -0.4 is 0 Å². The fraction of sp³-hybridized carbons (Fsp3) is 0.417. The Morgan fingerprint density at radius 1 is 1.44 bits per heavy atom. The largest absolute Gasteiger partial charge is 0.383 e. The second-order valence-electron chi connectivity index (χ2n) is 4.10. The summed E-state index contributed by atoms with van der Waals surface area (Å²) in [4.78, 5) is 2.78. The van der Waals surface area contributed by atoms with Crippen LogP contribution >= 0.6 is 12.2 Å². The van der Waals surface area contributed by atoms with E-state index in [1.807, 2.05) is 6.92 Å². The number of nitrogens with one attached hydrogen (secondary N) is 1. The Morgan fingerprint density at radius 2 is 2.17 bits per heavy atom. The second-order valence-corrected chi connectivity index (χ2v) is 4.49. The third kappa shape index (κ3) is 2.18. The molecule has 1 N–H and O–H groups in total. The summed E-state index contributed by atoms with van der Waals surface area (Å²) >= 11 is 5.18. The number of imidazole rings is 1. The number of aromatic nitrogens is 2. The van der Waals surface area contributed by atoms with E-state index >= 15 is 0 Å². The summed E-state index contributed by atoms with van der Waals surface area (Å²) in [6, 6.07) is 2.08. The van der Waals surface area contributed by atoms with Crippen molar-refractivity contribution in [2.24, 2.45) is 0 Å². The summed E-state index contributed by atoms with van der Waals surface area (Å²) in [5.74, 6) is -1.25. The quantitative estimate of drug-likeness (QED) is 0.862. The summed E-state index contributed by atoms with van der Waals surface area (Å²) in [5, 5.41) is 0. The van der Waals surface area contributed by atoms with Crippen LogP contribution in [0, 0.1) is 16.4 Å². The van der Waals surface area contributed by atoms with E-state index in [4.69, 9.17) is 17.0 Å². The molecule has 0 aliphatic rings. The lowest BCUT2D eigenvalue weighted by Crippen LogP contribution is -2.14.